The van der Waals surface area contributed by atoms with Crippen LogP contribution in [0.15, 0.2) is 42.5 Å². The molecular formula is C18H20Cl2N2O4. The summed E-state index contributed by atoms with van der Waals surface area (Å²) in [5.74, 6) is 0.591. The van der Waals surface area contributed by atoms with Gasteiger partial charge in [-0.2, -0.15) is 0 Å². The maximum atomic E-state index is 12.2. The van der Waals surface area contributed by atoms with Crippen molar-refractivity contribution in [3.8, 4) is 11.5 Å². The fourth-order valence-corrected chi connectivity index (χ4v) is 2.83. The molecule has 8 heteroatoms. The Labute approximate surface area is 162 Å². The summed E-state index contributed by atoms with van der Waals surface area (Å²) in [5.41, 5.74) is 7.16. The molecule has 0 aromatic heterocycles. The fourth-order valence-electron chi connectivity index (χ4n) is 2.56. The van der Waals surface area contributed by atoms with Crippen LogP contribution in [0.3, 0.4) is 0 Å². The number of amides is 1. The summed E-state index contributed by atoms with van der Waals surface area (Å²) in [4.78, 5) is 12.2. The van der Waals surface area contributed by atoms with Gasteiger partial charge in [0.1, 0.15) is 19.3 Å². The quantitative estimate of drug-likeness (QED) is 0.718. The lowest BCUT2D eigenvalue weighted by Crippen LogP contribution is -2.36. The van der Waals surface area contributed by atoms with Crippen molar-refractivity contribution in [1.82, 2.24) is 5.32 Å². The Morgan fingerprint density at radius 2 is 1.88 bits per heavy atom. The monoisotopic (exact) mass is 398 g/mol. The van der Waals surface area contributed by atoms with Gasteiger partial charge < -0.3 is 25.6 Å². The number of hydrogen-bond donors (Lipinski definition) is 3. The molecule has 2 atom stereocenters. The maximum absolute atomic E-state index is 12.2. The van der Waals surface area contributed by atoms with Gasteiger partial charge in [-0.15, -0.1) is 12.4 Å². The largest absolute Gasteiger partial charge is 0.486 e. The van der Waals surface area contributed by atoms with Gasteiger partial charge >= 0.3 is 0 Å². The van der Waals surface area contributed by atoms with Crippen molar-refractivity contribution in [3.05, 3.63) is 58.6 Å². The van der Waals surface area contributed by atoms with Crippen LogP contribution >= 0.6 is 24.0 Å². The lowest BCUT2D eigenvalue weighted by Gasteiger charge is -2.22. The molecule has 0 spiro atoms. The highest BCUT2D eigenvalue weighted by molar-refractivity contribution is 6.32. The van der Waals surface area contributed by atoms with Gasteiger partial charge in [-0.1, -0.05) is 41.9 Å². The number of carbonyl (C=O) groups is 1. The molecule has 0 saturated heterocycles. The highest BCUT2D eigenvalue weighted by Gasteiger charge is 2.21. The van der Waals surface area contributed by atoms with E-state index >= 15 is 0 Å². The van der Waals surface area contributed by atoms with E-state index in [9.17, 15) is 9.90 Å². The second-order valence-corrected chi connectivity index (χ2v) is 6.08. The Balaban J connectivity index is 0.00000243. The van der Waals surface area contributed by atoms with E-state index in [1.807, 2.05) is 18.2 Å². The van der Waals surface area contributed by atoms with E-state index in [1.165, 1.54) is 0 Å². The van der Waals surface area contributed by atoms with Gasteiger partial charge in [-0.3, -0.25) is 4.79 Å². The number of aliphatic hydroxyl groups excluding tert-OH is 1. The lowest BCUT2D eigenvalue weighted by atomic mass is 10.1. The SMILES string of the molecule is Cl.NC(C(=O)NCC(O)c1cc(Cl)c2c(c1)OCCO2)c1ccccc1. The predicted octanol–water partition coefficient (Wildman–Crippen LogP) is 2.38. The predicted molar refractivity (Wildman–Crippen MR) is 101 cm³/mol. The van der Waals surface area contributed by atoms with Crippen molar-refractivity contribution in [2.75, 3.05) is 19.8 Å². The number of aliphatic hydroxyl groups is 1. The number of fused-ring (bicyclic) bond motifs is 1. The van der Waals surface area contributed by atoms with Crippen LogP contribution in [0.25, 0.3) is 0 Å². The molecule has 1 amide bonds. The summed E-state index contributed by atoms with van der Waals surface area (Å²) >= 11 is 6.16. The molecule has 1 heterocycles. The first-order chi connectivity index (χ1) is 12.1. The summed E-state index contributed by atoms with van der Waals surface area (Å²) in [6.45, 7) is 0.864. The van der Waals surface area contributed by atoms with Crippen LogP contribution in [-0.4, -0.2) is 30.8 Å². The third-order valence-electron chi connectivity index (χ3n) is 3.91. The summed E-state index contributed by atoms with van der Waals surface area (Å²) in [7, 11) is 0. The lowest BCUT2D eigenvalue weighted by molar-refractivity contribution is -0.122. The van der Waals surface area contributed by atoms with Crippen LogP contribution in [0.5, 0.6) is 11.5 Å². The van der Waals surface area contributed by atoms with Crippen molar-refractivity contribution in [1.29, 1.82) is 0 Å². The normalized spacial score (nSPS) is 14.7. The zero-order chi connectivity index (χ0) is 17.8. The standard InChI is InChI=1S/C18H19ClN2O4.ClH/c19-13-8-12(9-15-17(13)25-7-6-24-15)14(22)10-21-18(23)16(20)11-4-2-1-3-5-11;/h1-5,8-9,14,16,22H,6-7,10,20H2,(H,21,23);1H. The van der Waals surface area contributed by atoms with E-state index in [4.69, 9.17) is 26.8 Å². The third kappa shape index (κ3) is 4.59. The molecule has 6 nitrogen and oxygen atoms in total. The van der Waals surface area contributed by atoms with Crippen LogP contribution in [0, 0.1) is 0 Å². The molecular weight excluding hydrogens is 379 g/mol. The van der Waals surface area contributed by atoms with E-state index < -0.39 is 12.1 Å². The Hall–Kier alpha value is -1.99. The van der Waals surface area contributed by atoms with Gasteiger partial charge in [0.2, 0.25) is 5.91 Å². The number of benzene rings is 2. The maximum Gasteiger partial charge on any atom is 0.241 e. The molecule has 0 aliphatic carbocycles. The Bertz CT molecular complexity index is 758. The summed E-state index contributed by atoms with van der Waals surface area (Å²) in [6.07, 6.45) is -0.944. The number of hydrogen-bond acceptors (Lipinski definition) is 5. The first-order valence-electron chi connectivity index (χ1n) is 7.91. The zero-order valence-corrected chi connectivity index (χ0v) is 15.4. The molecule has 0 bridgehead atoms. The minimum Gasteiger partial charge on any atom is -0.486 e. The molecule has 2 aromatic carbocycles. The van der Waals surface area contributed by atoms with Gasteiger partial charge in [0.15, 0.2) is 11.5 Å². The van der Waals surface area contributed by atoms with Gasteiger partial charge in [-0.05, 0) is 23.3 Å². The fraction of sp³-hybridized carbons (Fsp3) is 0.278. The van der Waals surface area contributed by atoms with E-state index in [-0.39, 0.29) is 24.9 Å². The molecule has 2 aromatic rings. The minimum atomic E-state index is -0.944. The number of nitrogens with two attached hydrogens (primary N) is 1. The van der Waals surface area contributed by atoms with Crippen LogP contribution in [0.4, 0.5) is 0 Å². The van der Waals surface area contributed by atoms with Crippen molar-refractivity contribution in [3.63, 3.8) is 0 Å². The van der Waals surface area contributed by atoms with Crippen LogP contribution < -0.4 is 20.5 Å². The Kier molecular flexibility index (Phi) is 7.11. The van der Waals surface area contributed by atoms with Crippen LogP contribution in [-0.2, 0) is 4.79 Å². The number of rotatable bonds is 5. The van der Waals surface area contributed by atoms with E-state index in [0.29, 0.717) is 40.9 Å². The first kappa shape index (κ1) is 20.3. The van der Waals surface area contributed by atoms with Crippen molar-refractivity contribution < 1.29 is 19.4 Å². The Morgan fingerprint density at radius 3 is 2.62 bits per heavy atom. The number of halogens is 2. The molecule has 3 rings (SSSR count). The van der Waals surface area contributed by atoms with Crippen LogP contribution in [0.2, 0.25) is 5.02 Å². The summed E-state index contributed by atoms with van der Waals surface area (Å²) in [5, 5.41) is 13.3. The smallest absolute Gasteiger partial charge is 0.241 e. The highest BCUT2D eigenvalue weighted by Crippen LogP contribution is 2.39. The van der Waals surface area contributed by atoms with E-state index in [1.54, 1.807) is 24.3 Å². The third-order valence-corrected chi connectivity index (χ3v) is 4.20. The molecule has 140 valence electrons. The average molecular weight is 399 g/mol. The van der Waals surface area contributed by atoms with Gasteiger partial charge in [0.25, 0.3) is 0 Å². The highest BCUT2D eigenvalue weighted by atomic mass is 35.5. The molecule has 1 aliphatic rings. The minimum absolute atomic E-state index is 0. The number of ether oxygens (including phenoxy) is 2. The first-order valence-corrected chi connectivity index (χ1v) is 8.29. The second kappa shape index (κ2) is 9.09. The topological polar surface area (TPSA) is 93.8 Å². The van der Waals surface area contributed by atoms with Crippen molar-refractivity contribution in [2.24, 2.45) is 5.73 Å². The Morgan fingerprint density at radius 1 is 1.19 bits per heavy atom. The molecule has 1 aliphatic heterocycles. The van der Waals surface area contributed by atoms with Gasteiger partial charge in [-0.25, -0.2) is 0 Å². The zero-order valence-electron chi connectivity index (χ0n) is 13.9. The molecule has 0 radical (unpaired) electrons. The average Bonchev–Trinajstić information content (AvgIpc) is 2.65. The molecule has 2 unspecified atom stereocenters. The van der Waals surface area contributed by atoms with E-state index in [2.05, 4.69) is 5.32 Å². The van der Waals surface area contributed by atoms with Gasteiger partial charge in [0.05, 0.1) is 11.1 Å². The van der Waals surface area contributed by atoms with Crippen molar-refractivity contribution in [2.45, 2.75) is 12.1 Å². The second-order valence-electron chi connectivity index (χ2n) is 5.68. The summed E-state index contributed by atoms with van der Waals surface area (Å²) < 4.78 is 10.9. The van der Waals surface area contributed by atoms with Crippen molar-refractivity contribution >= 4 is 29.9 Å². The number of carbonyl (C=O) groups excluding carboxylic acids is 1. The van der Waals surface area contributed by atoms with Crippen LogP contribution in [0.1, 0.15) is 23.3 Å². The summed E-state index contributed by atoms with van der Waals surface area (Å²) in [6, 6.07) is 11.5. The molecule has 0 fully saturated rings. The molecule has 26 heavy (non-hydrogen) atoms. The van der Waals surface area contributed by atoms with Gasteiger partial charge in [0, 0.05) is 6.54 Å². The van der Waals surface area contributed by atoms with E-state index in [0.717, 1.165) is 0 Å². The molecule has 4 N–H and O–H groups in total. The number of nitrogens with one attached hydrogen (secondary N) is 1. The molecule has 0 saturated carbocycles.